The van der Waals surface area contributed by atoms with Gasteiger partial charge in [0.1, 0.15) is 0 Å². The van der Waals surface area contributed by atoms with Crippen LogP contribution in [0, 0.1) is 13.8 Å². The molecule has 6 heteroatoms. The van der Waals surface area contributed by atoms with Crippen molar-refractivity contribution >= 4 is 21.6 Å². The van der Waals surface area contributed by atoms with Crippen LogP contribution in [0.1, 0.15) is 11.1 Å². The monoisotopic (exact) mass is 305 g/mol. The van der Waals surface area contributed by atoms with Gasteiger partial charge in [0.05, 0.1) is 16.9 Å². The molecule has 0 aliphatic heterocycles. The van der Waals surface area contributed by atoms with Gasteiger partial charge < -0.3 is 4.74 Å². The molecular formula is C13H20ClNO3S. The quantitative estimate of drug-likeness (QED) is 0.757. The highest BCUT2D eigenvalue weighted by molar-refractivity contribution is 7.89. The Labute approximate surface area is 120 Å². The lowest BCUT2D eigenvalue weighted by Gasteiger charge is -2.20. The zero-order valence-corrected chi connectivity index (χ0v) is 13.3. The van der Waals surface area contributed by atoms with Crippen LogP contribution in [0.15, 0.2) is 23.1 Å². The number of benzene rings is 1. The molecule has 0 amide bonds. The number of aryl methyl sites for hydroxylation is 2. The summed E-state index contributed by atoms with van der Waals surface area (Å²) in [6.07, 6.45) is 0. The first-order valence-electron chi connectivity index (χ1n) is 5.95. The van der Waals surface area contributed by atoms with Crippen LogP contribution >= 0.6 is 11.6 Å². The molecule has 0 bridgehead atoms. The third-order valence-corrected chi connectivity index (χ3v) is 5.07. The second kappa shape index (κ2) is 6.70. The first-order chi connectivity index (χ1) is 8.78. The van der Waals surface area contributed by atoms with Gasteiger partial charge in [0.2, 0.25) is 10.0 Å². The van der Waals surface area contributed by atoms with Gasteiger partial charge in [0.25, 0.3) is 0 Å². The average Bonchev–Trinajstić information content (AvgIpc) is 2.32. The van der Waals surface area contributed by atoms with E-state index in [0.717, 1.165) is 11.1 Å². The first kappa shape index (κ1) is 16.4. The lowest BCUT2D eigenvalue weighted by atomic mass is 10.1. The minimum atomic E-state index is -3.50. The summed E-state index contributed by atoms with van der Waals surface area (Å²) in [5.74, 6) is 0. The fourth-order valence-corrected chi connectivity index (χ4v) is 3.38. The highest BCUT2D eigenvalue weighted by atomic mass is 35.5. The largest absolute Gasteiger partial charge is 0.383 e. The van der Waals surface area contributed by atoms with Crippen LogP contribution in [-0.2, 0) is 14.8 Å². The molecule has 0 saturated carbocycles. The van der Waals surface area contributed by atoms with E-state index in [4.69, 9.17) is 16.3 Å². The van der Waals surface area contributed by atoms with Crippen LogP contribution in [0.4, 0.5) is 0 Å². The first-order valence-corrected chi connectivity index (χ1v) is 7.83. The number of methoxy groups -OCH3 is 1. The smallest absolute Gasteiger partial charge is 0.242 e. The summed E-state index contributed by atoms with van der Waals surface area (Å²) in [6.45, 7) is 4.37. The fourth-order valence-electron chi connectivity index (χ4n) is 1.66. The van der Waals surface area contributed by atoms with Gasteiger partial charge in [-0.1, -0.05) is 6.07 Å². The molecule has 0 spiro atoms. The average molecular weight is 306 g/mol. The van der Waals surface area contributed by atoms with Gasteiger partial charge in [0.15, 0.2) is 0 Å². The van der Waals surface area contributed by atoms with Crippen molar-refractivity contribution in [3.8, 4) is 0 Å². The van der Waals surface area contributed by atoms with Crippen molar-refractivity contribution < 1.29 is 13.2 Å². The highest BCUT2D eigenvalue weighted by Crippen LogP contribution is 2.18. The second-order valence-electron chi connectivity index (χ2n) is 4.58. The molecule has 19 heavy (non-hydrogen) atoms. The zero-order chi connectivity index (χ0) is 14.6. The summed E-state index contributed by atoms with van der Waals surface area (Å²) in [5, 5.41) is -0.365. The van der Waals surface area contributed by atoms with Gasteiger partial charge in [-0.05, 0) is 37.1 Å². The molecular weight excluding hydrogens is 286 g/mol. The maximum Gasteiger partial charge on any atom is 0.242 e. The third-order valence-electron chi connectivity index (χ3n) is 2.99. The van der Waals surface area contributed by atoms with Crippen molar-refractivity contribution in [1.82, 2.24) is 4.31 Å². The molecule has 0 fully saturated rings. The minimum Gasteiger partial charge on any atom is -0.383 e. The molecule has 0 N–H and O–H groups in total. The Morgan fingerprint density at radius 3 is 2.47 bits per heavy atom. The van der Waals surface area contributed by atoms with E-state index in [9.17, 15) is 8.42 Å². The Morgan fingerprint density at radius 1 is 1.32 bits per heavy atom. The number of rotatable bonds is 6. The predicted molar refractivity (Wildman–Crippen MR) is 77.2 cm³/mol. The van der Waals surface area contributed by atoms with E-state index in [0.29, 0.717) is 11.5 Å². The Bertz CT molecular complexity index is 531. The molecule has 0 aromatic heterocycles. The summed E-state index contributed by atoms with van der Waals surface area (Å²) in [4.78, 5) is 0.291. The number of hydrogen-bond donors (Lipinski definition) is 0. The van der Waals surface area contributed by atoms with Crippen LogP contribution in [0.25, 0.3) is 0 Å². The lowest BCUT2D eigenvalue weighted by Crippen LogP contribution is -2.34. The van der Waals surface area contributed by atoms with Crippen molar-refractivity contribution in [2.75, 3.05) is 27.3 Å². The molecule has 1 aromatic carbocycles. The zero-order valence-electron chi connectivity index (χ0n) is 11.7. The van der Waals surface area contributed by atoms with Gasteiger partial charge in [-0.25, -0.2) is 8.42 Å². The summed E-state index contributed by atoms with van der Waals surface area (Å²) in [6, 6.07) is 5.11. The number of sulfonamides is 1. The van der Waals surface area contributed by atoms with Crippen molar-refractivity contribution in [3.63, 3.8) is 0 Å². The molecule has 0 aliphatic carbocycles. The molecule has 0 saturated heterocycles. The molecule has 108 valence electrons. The Kier molecular flexibility index (Phi) is 5.80. The molecule has 0 heterocycles. The van der Waals surface area contributed by atoms with E-state index in [-0.39, 0.29) is 11.9 Å². The van der Waals surface area contributed by atoms with Gasteiger partial charge in [-0.3, -0.25) is 0 Å². The van der Waals surface area contributed by atoms with Crippen molar-refractivity contribution in [3.05, 3.63) is 29.3 Å². The summed E-state index contributed by atoms with van der Waals surface area (Å²) < 4.78 is 30.9. The van der Waals surface area contributed by atoms with Gasteiger partial charge in [0, 0.05) is 20.7 Å². The van der Waals surface area contributed by atoms with E-state index >= 15 is 0 Å². The van der Waals surface area contributed by atoms with E-state index < -0.39 is 10.0 Å². The molecule has 4 nitrogen and oxygen atoms in total. The predicted octanol–water partition coefficient (Wildman–Crippen LogP) is 2.18. The Balaban J connectivity index is 2.93. The molecule has 0 aliphatic rings. The molecule has 1 aromatic rings. The molecule has 1 atom stereocenters. The van der Waals surface area contributed by atoms with E-state index in [1.807, 2.05) is 19.9 Å². The summed E-state index contributed by atoms with van der Waals surface area (Å²) in [5.41, 5.74) is 2.02. The van der Waals surface area contributed by atoms with Gasteiger partial charge >= 0.3 is 0 Å². The third kappa shape index (κ3) is 4.18. The number of hydrogen-bond acceptors (Lipinski definition) is 3. The van der Waals surface area contributed by atoms with E-state index in [1.165, 1.54) is 18.5 Å². The Morgan fingerprint density at radius 2 is 1.95 bits per heavy atom. The fraction of sp³-hybridized carbons (Fsp3) is 0.538. The molecule has 1 rings (SSSR count). The molecule has 1 unspecified atom stereocenters. The normalized spacial score (nSPS) is 13.8. The number of alkyl halides is 1. The van der Waals surface area contributed by atoms with Crippen LogP contribution in [0.5, 0.6) is 0 Å². The van der Waals surface area contributed by atoms with Crippen LogP contribution in [0.3, 0.4) is 0 Å². The van der Waals surface area contributed by atoms with Crippen LogP contribution in [-0.4, -0.2) is 45.4 Å². The number of ether oxygens (including phenoxy) is 1. The maximum absolute atomic E-state index is 12.4. The standard InChI is InChI=1S/C13H20ClNO3S/c1-10-5-6-13(7-11(10)2)19(16,17)15(3)8-12(14)9-18-4/h5-7,12H,8-9H2,1-4H3. The Hall–Kier alpha value is -0.620. The SMILES string of the molecule is COCC(Cl)CN(C)S(=O)(=O)c1ccc(C)c(C)c1. The number of halogens is 1. The molecule has 0 radical (unpaired) electrons. The van der Waals surface area contributed by atoms with E-state index in [2.05, 4.69) is 0 Å². The highest BCUT2D eigenvalue weighted by Gasteiger charge is 2.23. The summed E-state index contributed by atoms with van der Waals surface area (Å²) >= 11 is 5.99. The minimum absolute atomic E-state index is 0.213. The number of nitrogens with zero attached hydrogens (tertiary/aromatic N) is 1. The van der Waals surface area contributed by atoms with Crippen LogP contribution < -0.4 is 0 Å². The van der Waals surface area contributed by atoms with Gasteiger partial charge in [-0.2, -0.15) is 4.31 Å². The maximum atomic E-state index is 12.4. The van der Waals surface area contributed by atoms with Crippen LogP contribution in [0.2, 0.25) is 0 Å². The van der Waals surface area contributed by atoms with E-state index in [1.54, 1.807) is 12.1 Å². The topological polar surface area (TPSA) is 46.6 Å². The van der Waals surface area contributed by atoms with Crippen molar-refractivity contribution in [2.45, 2.75) is 24.1 Å². The summed E-state index contributed by atoms with van der Waals surface area (Å²) in [7, 11) is -0.440. The second-order valence-corrected chi connectivity index (χ2v) is 7.25. The van der Waals surface area contributed by atoms with Crippen molar-refractivity contribution in [1.29, 1.82) is 0 Å². The lowest BCUT2D eigenvalue weighted by molar-refractivity contribution is 0.192. The van der Waals surface area contributed by atoms with Crippen molar-refractivity contribution in [2.24, 2.45) is 0 Å². The van der Waals surface area contributed by atoms with Gasteiger partial charge in [-0.15, -0.1) is 11.6 Å².